The van der Waals surface area contributed by atoms with Crippen LogP contribution in [0.5, 0.6) is 5.75 Å². The third-order valence-corrected chi connectivity index (χ3v) is 3.11. The number of benzene rings is 1. The van der Waals surface area contributed by atoms with Gasteiger partial charge in [0.25, 0.3) is 0 Å². The van der Waals surface area contributed by atoms with E-state index in [9.17, 15) is 9.90 Å². The molecule has 1 amide bonds. The van der Waals surface area contributed by atoms with Crippen LogP contribution >= 0.6 is 0 Å². The fourth-order valence-electron chi connectivity index (χ4n) is 2.00. The van der Waals surface area contributed by atoms with E-state index in [0.717, 1.165) is 11.4 Å². The number of nitrogens with zero attached hydrogens (tertiary/aromatic N) is 1. The van der Waals surface area contributed by atoms with Crippen LogP contribution in [0.1, 0.15) is 27.7 Å². The minimum absolute atomic E-state index is 0.106. The third-order valence-electron chi connectivity index (χ3n) is 3.11. The van der Waals surface area contributed by atoms with Gasteiger partial charge in [0, 0.05) is 12.2 Å². The van der Waals surface area contributed by atoms with Gasteiger partial charge >= 0.3 is 0 Å². The van der Waals surface area contributed by atoms with Crippen molar-refractivity contribution in [3.8, 4) is 5.75 Å². The number of likely N-dealkylation sites (N-methyl/N-ethyl adjacent to an activating group) is 1. The molecule has 0 heterocycles. The highest BCUT2D eigenvalue weighted by atomic mass is 16.5. The average Bonchev–Trinajstić information content (AvgIpc) is 2.38. The first-order chi connectivity index (χ1) is 9.73. The lowest BCUT2D eigenvalue weighted by Gasteiger charge is -2.29. The third kappa shape index (κ3) is 6.14. The summed E-state index contributed by atoms with van der Waals surface area (Å²) in [5.74, 6) is 0.675. The Morgan fingerprint density at radius 2 is 1.95 bits per heavy atom. The number of aliphatic hydroxyl groups is 1. The largest absolute Gasteiger partial charge is 0.494 e. The van der Waals surface area contributed by atoms with Gasteiger partial charge in [0.1, 0.15) is 5.75 Å². The highest BCUT2D eigenvalue weighted by molar-refractivity contribution is 5.94. The molecule has 0 saturated heterocycles. The highest BCUT2D eigenvalue weighted by Crippen LogP contribution is 2.16. The van der Waals surface area contributed by atoms with Gasteiger partial charge in [0.15, 0.2) is 0 Å². The monoisotopic (exact) mass is 294 g/mol. The summed E-state index contributed by atoms with van der Waals surface area (Å²) in [5, 5.41) is 12.7. The molecule has 5 nitrogen and oxygen atoms in total. The van der Waals surface area contributed by atoms with Crippen molar-refractivity contribution in [3.63, 3.8) is 0 Å². The van der Waals surface area contributed by atoms with Crippen LogP contribution in [0.25, 0.3) is 0 Å². The van der Waals surface area contributed by atoms with E-state index in [1.54, 1.807) is 13.8 Å². The molecule has 0 bridgehead atoms. The van der Waals surface area contributed by atoms with E-state index in [1.807, 2.05) is 50.1 Å². The summed E-state index contributed by atoms with van der Waals surface area (Å²) in [7, 11) is 1.82. The fraction of sp³-hybridized carbons (Fsp3) is 0.562. The molecule has 1 rings (SSSR count). The standard InChI is InChI=1S/C16H26N2O3/c1-6-21-14-9-7-13(8-10-14)17-15(19)12(2)18(5)11-16(3,4)20/h7-10,12,20H,6,11H2,1-5H3,(H,17,19). The predicted molar refractivity (Wildman–Crippen MR) is 84.6 cm³/mol. The van der Waals surface area contributed by atoms with Gasteiger partial charge in [-0.2, -0.15) is 0 Å². The van der Waals surface area contributed by atoms with Crippen LogP contribution in [0.2, 0.25) is 0 Å². The van der Waals surface area contributed by atoms with Crippen LogP contribution in [-0.2, 0) is 4.79 Å². The smallest absolute Gasteiger partial charge is 0.241 e. The molecule has 0 saturated carbocycles. The van der Waals surface area contributed by atoms with E-state index in [2.05, 4.69) is 5.32 Å². The van der Waals surface area contributed by atoms with Crippen molar-refractivity contribution in [3.05, 3.63) is 24.3 Å². The van der Waals surface area contributed by atoms with Crippen LogP contribution in [0, 0.1) is 0 Å². The molecule has 2 N–H and O–H groups in total. The van der Waals surface area contributed by atoms with Crippen molar-refractivity contribution in [1.29, 1.82) is 0 Å². The Bertz CT molecular complexity index is 452. The van der Waals surface area contributed by atoms with E-state index < -0.39 is 5.60 Å². The van der Waals surface area contributed by atoms with E-state index in [4.69, 9.17) is 4.74 Å². The SMILES string of the molecule is CCOc1ccc(NC(=O)C(C)N(C)CC(C)(C)O)cc1. The maximum absolute atomic E-state index is 12.2. The zero-order valence-electron chi connectivity index (χ0n) is 13.5. The lowest BCUT2D eigenvalue weighted by atomic mass is 10.1. The molecular formula is C16H26N2O3. The molecule has 0 aliphatic rings. The maximum atomic E-state index is 12.2. The lowest BCUT2D eigenvalue weighted by Crippen LogP contribution is -2.46. The number of anilines is 1. The summed E-state index contributed by atoms with van der Waals surface area (Å²) >= 11 is 0. The number of amides is 1. The van der Waals surface area contributed by atoms with Crippen molar-refractivity contribution >= 4 is 11.6 Å². The van der Waals surface area contributed by atoms with Crippen LogP contribution in [-0.4, -0.2) is 47.8 Å². The topological polar surface area (TPSA) is 61.8 Å². The second-order valence-electron chi connectivity index (χ2n) is 5.85. The molecule has 1 atom stereocenters. The molecule has 118 valence electrons. The minimum Gasteiger partial charge on any atom is -0.494 e. The van der Waals surface area contributed by atoms with Crippen LogP contribution in [0.3, 0.4) is 0 Å². The molecule has 0 radical (unpaired) electrons. The van der Waals surface area contributed by atoms with Crippen LogP contribution in [0.4, 0.5) is 5.69 Å². The molecule has 0 aromatic heterocycles. The summed E-state index contributed by atoms with van der Waals surface area (Å²) in [6, 6.07) is 6.94. The van der Waals surface area contributed by atoms with Gasteiger partial charge in [0.05, 0.1) is 18.2 Å². The zero-order valence-corrected chi connectivity index (χ0v) is 13.5. The molecule has 0 aliphatic heterocycles. The van der Waals surface area contributed by atoms with Gasteiger partial charge in [-0.05, 0) is 59.0 Å². The van der Waals surface area contributed by atoms with Crippen molar-refractivity contribution in [2.24, 2.45) is 0 Å². The van der Waals surface area contributed by atoms with Gasteiger partial charge in [-0.1, -0.05) is 0 Å². The quantitative estimate of drug-likeness (QED) is 0.808. The Balaban J connectivity index is 2.59. The number of ether oxygens (including phenoxy) is 1. The normalized spacial score (nSPS) is 13.1. The zero-order chi connectivity index (χ0) is 16.0. The molecule has 0 aliphatic carbocycles. The predicted octanol–water partition coefficient (Wildman–Crippen LogP) is 2.12. The summed E-state index contributed by atoms with van der Waals surface area (Å²) < 4.78 is 5.36. The van der Waals surface area contributed by atoms with Gasteiger partial charge in [-0.3, -0.25) is 9.69 Å². The lowest BCUT2D eigenvalue weighted by molar-refractivity contribution is -0.121. The van der Waals surface area contributed by atoms with E-state index in [0.29, 0.717) is 13.2 Å². The molecular weight excluding hydrogens is 268 g/mol. The van der Waals surface area contributed by atoms with Crippen molar-refractivity contribution < 1.29 is 14.6 Å². The fourth-order valence-corrected chi connectivity index (χ4v) is 2.00. The summed E-state index contributed by atoms with van der Waals surface area (Å²) in [6.45, 7) is 8.22. The Morgan fingerprint density at radius 1 is 1.38 bits per heavy atom. The molecule has 0 spiro atoms. The Labute approximate surface area is 126 Å². The molecule has 1 aromatic carbocycles. The van der Waals surface area contributed by atoms with Crippen molar-refractivity contribution in [2.75, 3.05) is 25.5 Å². The van der Waals surface area contributed by atoms with Crippen LogP contribution in [0.15, 0.2) is 24.3 Å². The number of nitrogens with one attached hydrogen (secondary N) is 1. The molecule has 0 fully saturated rings. The van der Waals surface area contributed by atoms with Crippen molar-refractivity contribution in [2.45, 2.75) is 39.3 Å². The van der Waals surface area contributed by atoms with E-state index in [-0.39, 0.29) is 11.9 Å². The highest BCUT2D eigenvalue weighted by Gasteiger charge is 2.23. The Hall–Kier alpha value is -1.59. The Kier molecular flexibility index (Phi) is 6.18. The van der Waals surface area contributed by atoms with Gasteiger partial charge < -0.3 is 15.2 Å². The summed E-state index contributed by atoms with van der Waals surface area (Å²) in [6.07, 6.45) is 0. The number of rotatable bonds is 7. The first kappa shape index (κ1) is 17.5. The van der Waals surface area contributed by atoms with E-state index >= 15 is 0 Å². The average molecular weight is 294 g/mol. The van der Waals surface area contributed by atoms with Gasteiger partial charge in [0.2, 0.25) is 5.91 Å². The van der Waals surface area contributed by atoms with Crippen molar-refractivity contribution in [1.82, 2.24) is 4.90 Å². The summed E-state index contributed by atoms with van der Waals surface area (Å²) in [4.78, 5) is 14.0. The first-order valence-corrected chi connectivity index (χ1v) is 7.19. The minimum atomic E-state index is -0.831. The molecule has 1 unspecified atom stereocenters. The van der Waals surface area contributed by atoms with Gasteiger partial charge in [-0.25, -0.2) is 0 Å². The number of hydrogen-bond donors (Lipinski definition) is 2. The number of carbonyl (C=O) groups is 1. The molecule has 1 aromatic rings. The second-order valence-corrected chi connectivity index (χ2v) is 5.85. The number of carbonyl (C=O) groups excluding carboxylic acids is 1. The molecule has 21 heavy (non-hydrogen) atoms. The first-order valence-electron chi connectivity index (χ1n) is 7.19. The maximum Gasteiger partial charge on any atom is 0.241 e. The molecule has 5 heteroatoms. The van der Waals surface area contributed by atoms with Gasteiger partial charge in [-0.15, -0.1) is 0 Å². The summed E-state index contributed by atoms with van der Waals surface area (Å²) in [5.41, 5.74) is -0.102. The van der Waals surface area contributed by atoms with E-state index in [1.165, 1.54) is 0 Å². The van der Waals surface area contributed by atoms with Crippen LogP contribution < -0.4 is 10.1 Å². The Morgan fingerprint density at radius 3 is 2.43 bits per heavy atom. The second kappa shape index (κ2) is 7.43. The number of hydrogen-bond acceptors (Lipinski definition) is 4.